The zero-order chi connectivity index (χ0) is 20.9. The quantitative estimate of drug-likeness (QED) is 0.598. The Balaban J connectivity index is 2.04. The lowest BCUT2D eigenvalue weighted by Gasteiger charge is -2.49. The van der Waals surface area contributed by atoms with E-state index in [2.05, 4.69) is 68.8 Å². The van der Waals surface area contributed by atoms with Crippen LogP contribution >= 0.6 is 0 Å². The Morgan fingerprint density at radius 3 is 2.41 bits per heavy atom. The highest BCUT2D eigenvalue weighted by Gasteiger charge is 2.44. The molecule has 29 heavy (non-hydrogen) atoms. The van der Waals surface area contributed by atoms with E-state index in [1.807, 2.05) is 30.9 Å². The molecule has 0 spiro atoms. The summed E-state index contributed by atoms with van der Waals surface area (Å²) in [5.74, 6) is 0.0648. The summed E-state index contributed by atoms with van der Waals surface area (Å²) in [6.45, 7) is 12.3. The van der Waals surface area contributed by atoms with Crippen LogP contribution in [-0.2, 0) is 0 Å². The fourth-order valence-electron chi connectivity index (χ4n) is 4.67. The lowest BCUT2D eigenvalue weighted by atomic mass is 9.83. The van der Waals surface area contributed by atoms with Crippen molar-refractivity contribution in [3.63, 3.8) is 0 Å². The number of fused-ring (bicyclic) bond motifs is 3. The van der Waals surface area contributed by atoms with Crippen molar-refractivity contribution in [2.75, 3.05) is 11.9 Å². The van der Waals surface area contributed by atoms with E-state index in [0.29, 0.717) is 0 Å². The van der Waals surface area contributed by atoms with Crippen LogP contribution in [0, 0.1) is 13.8 Å². The van der Waals surface area contributed by atoms with E-state index in [4.69, 9.17) is 0 Å². The summed E-state index contributed by atoms with van der Waals surface area (Å²) in [4.78, 5) is 18.0. The van der Waals surface area contributed by atoms with Gasteiger partial charge in [0.2, 0.25) is 0 Å². The number of rotatable bonds is 2. The molecule has 0 aliphatic carbocycles. The number of nitrogens with zero attached hydrogens (tertiary/aromatic N) is 2. The number of allylic oxidation sites excluding steroid dienone is 3. The van der Waals surface area contributed by atoms with Gasteiger partial charge >= 0.3 is 0 Å². The number of aryl methyl sites for hydroxylation is 2. The van der Waals surface area contributed by atoms with Crippen LogP contribution in [0.15, 0.2) is 60.7 Å². The Morgan fingerprint density at radius 2 is 1.76 bits per heavy atom. The van der Waals surface area contributed by atoms with E-state index < -0.39 is 0 Å². The topological polar surface area (TPSA) is 23.6 Å². The Bertz CT molecular complexity index is 1090. The summed E-state index contributed by atoms with van der Waals surface area (Å²) in [6, 6.07) is 12.4. The van der Waals surface area contributed by atoms with Gasteiger partial charge in [-0.1, -0.05) is 48.6 Å². The zero-order valence-corrected chi connectivity index (χ0v) is 17.9. The molecule has 4 rings (SSSR count). The molecular weight excluding hydrogens is 356 g/mol. The predicted octanol–water partition coefficient (Wildman–Crippen LogP) is 5.95. The van der Waals surface area contributed by atoms with Crippen LogP contribution in [0.25, 0.3) is 11.3 Å². The van der Waals surface area contributed by atoms with E-state index in [-0.39, 0.29) is 12.1 Å². The van der Waals surface area contributed by atoms with E-state index in [0.717, 1.165) is 45.6 Å². The van der Waals surface area contributed by atoms with Gasteiger partial charge in [-0.2, -0.15) is 0 Å². The molecule has 3 heteroatoms. The molecule has 0 saturated carbocycles. The van der Waals surface area contributed by atoms with Crippen LogP contribution in [0.4, 0.5) is 5.69 Å². The van der Waals surface area contributed by atoms with Gasteiger partial charge in [-0.05, 0) is 68.5 Å². The SMILES string of the molecule is C=C(C)C/C=C1\c2c(C)cccc2C(=O)N2/C(=C/C)c3c(C)cccc3N(C)C12. The van der Waals surface area contributed by atoms with Crippen molar-refractivity contribution >= 4 is 22.9 Å². The number of anilines is 1. The highest BCUT2D eigenvalue weighted by Crippen LogP contribution is 2.47. The lowest BCUT2D eigenvalue weighted by molar-refractivity contribution is 0.0798. The van der Waals surface area contributed by atoms with Gasteiger partial charge in [0.05, 0.1) is 5.70 Å². The summed E-state index contributed by atoms with van der Waals surface area (Å²) < 4.78 is 0. The number of hydrogen-bond acceptors (Lipinski definition) is 2. The molecule has 0 saturated heterocycles. The molecule has 2 heterocycles. The minimum Gasteiger partial charge on any atom is -0.350 e. The van der Waals surface area contributed by atoms with Crippen LogP contribution in [-0.4, -0.2) is 24.0 Å². The first-order valence-electron chi connectivity index (χ1n) is 10.1. The Hall–Kier alpha value is -3.07. The second-order valence-corrected chi connectivity index (χ2v) is 8.12. The minimum absolute atomic E-state index is 0.0648. The van der Waals surface area contributed by atoms with Crippen molar-refractivity contribution < 1.29 is 4.79 Å². The van der Waals surface area contributed by atoms with E-state index >= 15 is 0 Å². The summed E-state index contributed by atoms with van der Waals surface area (Å²) in [7, 11) is 2.09. The van der Waals surface area contributed by atoms with Gasteiger partial charge in [0, 0.05) is 23.9 Å². The van der Waals surface area contributed by atoms with Gasteiger partial charge in [-0.3, -0.25) is 9.69 Å². The van der Waals surface area contributed by atoms with Gasteiger partial charge < -0.3 is 4.90 Å². The fraction of sp³-hybridized carbons (Fsp3) is 0.269. The number of likely N-dealkylation sites (N-methyl/N-ethyl adjacent to an activating group) is 1. The van der Waals surface area contributed by atoms with Gasteiger partial charge in [0.1, 0.15) is 6.17 Å². The van der Waals surface area contributed by atoms with Gasteiger partial charge in [-0.25, -0.2) is 0 Å². The first-order chi connectivity index (χ1) is 13.9. The second-order valence-electron chi connectivity index (χ2n) is 8.12. The third-order valence-electron chi connectivity index (χ3n) is 5.99. The monoisotopic (exact) mass is 384 g/mol. The minimum atomic E-state index is -0.170. The predicted molar refractivity (Wildman–Crippen MR) is 122 cm³/mol. The molecule has 2 aliphatic rings. The van der Waals surface area contributed by atoms with Crippen molar-refractivity contribution in [3.05, 3.63) is 88.5 Å². The van der Waals surface area contributed by atoms with Crippen LogP contribution < -0.4 is 4.90 Å². The highest BCUT2D eigenvalue weighted by atomic mass is 16.2. The second kappa shape index (κ2) is 7.07. The van der Waals surface area contributed by atoms with E-state index in [1.165, 1.54) is 11.1 Å². The van der Waals surface area contributed by atoms with Crippen molar-refractivity contribution in [2.24, 2.45) is 0 Å². The first kappa shape index (κ1) is 19.3. The molecule has 2 aliphatic heterocycles. The number of amides is 1. The van der Waals surface area contributed by atoms with Crippen LogP contribution in [0.3, 0.4) is 0 Å². The largest absolute Gasteiger partial charge is 0.350 e. The van der Waals surface area contributed by atoms with E-state index in [1.54, 1.807) is 0 Å². The van der Waals surface area contributed by atoms with Gasteiger partial charge in [-0.15, -0.1) is 0 Å². The molecule has 1 amide bonds. The van der Waals surface area contributed by atoms with Crippen molar-refractivity contribution in [1.29, 1.82) is 0 Å². The van der Waals surface area contributed by atoms with Crippen molar-refractivity contribution in [1.82, 2.24) is 4.90 Å². The van der Waals surface area contributed by atoms with E-state index in [9.17, 15) is 4.79 Å². The first-order valence-corrected chi connectivity index (χ1v) is 10.1. The summed E-state index contributed by atoms with van der Waals surface area (Å²) in [6.07, 6.45) is 4.95. The molecule has 3 nitrogen and oxygen atoms in total. The highest BCUT2D eigenvalue weighted by molar-refractivity contribution is 6.10. The smallest absolute Gasteiger partial charge is 0.260 e. The molecule has 148 valence electrons. The number of benzene rings is 2. The maximum absolute atomic E-state index is 13.7. The molecule has 0 bridgehead atoms. The van der Waals surface area contributed by atoms with Gasteiger partial charge in [0.25, 0.3) is 5.91 Å². The normalized spacial score (nSPS) is 20.6. The molecule has 2 aromatic carbocycles. The zero-order valence-electron chi connectivity index (χ0n) is 17.9. The molecule has 0 radical (unpaired) electrons. The molecule has 0 fully saturated rings. The average molecular weight is 385 g/mol. The maximum Gasteiger partial charge on any atom is 0.260 e. The molecule has 1 atom stereocenters. The molecule has 0 aromatic heterocycles. The molecular formula is C26H28N2O. The molecule has 1 unspecified atom stereocenters. The number of carbonyl (C=O) groups excluding carboxylic acids is 1. The van der Waals surface area contributed by atoms with Crippen molar-refractivity contribution in [2.45, 2.75) is 40.3 Å². The van der Waals surface area contributed by atoms with Crippen LogP contribution in [0.1, 0.15) is 52.9 Å². The summed E-state index contributed by atoms with van der Waals surface area (Å²) >= 11 is 0. The lowest BCUT2D eigenvalue weighted by Crippen LogP contribution is -2.55. The fourth-order valence-corrected chi connectivity index (χ4v) is 4.67. The average Bonchev–Trinajstić information content (AvgIpc) is 2.69. The molecule has 0 N–H and O–H groups in total. The van der Waals surface area contributed by atoms with Crippen LogP contribution in [0.5, 0.6) is 0 Å². The summed E-state index contributed by atoms with van der Waals surface area (Å²) in [5.41, 5.74) is 9.72. The van der Waals surface area contributed by atoms with Gasteiger partial charge in [0.15, 0.2) is 0 Å². The Morgan fingerprint density at radius 1 is 1.10 bits per heavy atom. The number of hydrogen-bond donors (Lipinski definition) is 0. The van der Waals surface area contributed by atoms with Crippen molar-refractivity contribution in [3.8, 4) is 0 Å². The Labute approximate surface area is 173 Å². The third-order valence-corrected chi connectivity index (χ3v) is 5.99. The third kappa shape index (κ3) is 2.84. The molecule has 2 aromatic rings. The summed E-state index contributed by atoms with van der Waals surface area (Å²) in [5, 5.41) is 0. The Kier molecular flexibility index (Phi) is 4.70. The van der Waals surface area contributed by atoms with Crippen LogP contribution in [0.2, 0.25) is 0 Å². The standard InChI is InChI=1S/C26H28N2O/c1-7-21-24-18(5)11-9-13-22(24)27(6)25-19(15-14-16(2)3)23-17(4)10-8-12-20(23)26(29)28(21)25/h7-13,15,25H,2,14H2,1,3-6H3/b19-15+,21-7+. The number of carbonyl (C=O) groups is 1. The maximum atomic E-state index is 13.7.